The highest BCUT2D eigenvalue weighted by molar-refractivity contribution is 6.32. The Balaban J connectivity index is 3.04. The highest BCUT2D eigenvalue weighted by Crippen LogP contribution is 2.41. The lowest BCUT2D eigenvalue weighted by Crippen LogP contribution is -2.71. The summed E-state index contributed by atoms with van der Waals surface area (Å²) < 4.78 is 77.9. The maximum atomic E-state index is 12.4. The first kappa shape index (κ1) is 20.0. The quantitative estimate of drug-likeness (QED) is 0.346. The normalized spacial score (nSPS) is 12.8. The topological polar surface area (TPSA) is 92.5 Å². The summed E-state index contributed by atoms with van der Waals surface area (Å²) in [5, 5.41) is 21.3. The molecule has 0 unspecified atom stereocenters. The molecule has 0 aromatic heterocycles. The number of benzene rings is 1. The molecule has 1 aromatic rings. The smallest absolute Gasteiger partial charge is 0.399 e. The van der Waals surface area contributed by atoms with Crippen LogP contribution >= 0.6 is 11.6 Å². The van der Waals surface area contributed by atoms with Gasteiger partial charge in [-0.1, -0.05) is 17.7 Å². The predicted octanol–water partition coefficient (Wildman–Crippen LogP) is 2.52. The van der Waals surface area contributed by atoms with E-state index in [2.05, 4.69) is 4.74 Å². The highest BCUT2D eigenvalue weighted by atomic mass is 35.5. The second kappa shape index (κ2) is 6.43. The SMILES string of the molecule is O=C(OCc1ccc(Cl)c([N+](=O)[O-])c1)C([O-])(C(F)(F)F)C(F)(F)F. The van der Waals surface area contributed by atoms with E-state index in [1.807, 2.05) is 0 Å². The van der Waals surface area contributed by atoms with Gasteiger partial charge in [0.25, 0.3) is 5.69 Å². The number of ether oxygens (including phenoxy) is 1. The van der Waals surface area contributed by atoms with E-state index in [-0.39, 0.29) is 10.6 Å². The zero-order chi connectivity index (χ0) is 18.9. The zero-order valence-corrected chi connectivity index (χ0v) is 11.8. The maximum absolute atomic E-state index is 12.4. The van der Waals surface area contributed by atoms with Crippen molar-refractivity contribution in [1.82, 2.24) is 0 Å². The van der Waals surface area contributed by atoms with Crippen LogP contribution < -0.4 is 5.11 Å². The van der Waals surface area contributed by atoms with Gasteiger partial charge in [0.05, 0.1) is 4.92 Å². The van der Waals surface area contributed by atoms with Gasteiger partial charge in [0.1, 0.15) is 11.6 Å². The van der Waals surface area contributed by atoms with Crippen LogP contribution in [0, 0.1) is 10.1 Å². The molecule has 1 rings (SSSR count). The molecule has 0 radical (unpaired) electrons. The summed E-state index contributed by atoms with van der Waals surface area (Å²) in [5.41, 5.74) is -7.03. The van der Waals surface area contributed by atoms with Crippen LogP contribution in [0.1, 0.15) is 5.56 Å². The number of carbonyl (C=O) groups excluding carboxylic acids is 1. The van der Waals surface area contributed by atoms with E-state index < -0.39 is 41.1 Å². The summed E-state index contributed by atoms with van der Waals surface area (Å²) in [6.07, 6.45) is -13.0. The number of carbonyl (C=O) groups is 1. The second-order valence-corrected chi connectivity index (χ2v) is 4.70. The minimum atomic E-state index is -6.49. The Hall–Kier alpha value is -2.08. The van der Waals surface area contributed by atoms with Gasteiger partial charge >= 0.3 is 18.3 Å². The average molecular weight is 381 g/mol. The lowest BCUT2D eigenvalue weighted by atomic mass is 10.0. The number of hydrogen-bond donors (Lipinski definition) is 0. The maximum Gasteiger partial charge on any atom is 0.399 e. The molecule has 0 spiro atoms. The zero-order valence-electron chi connectivity index (χ0n) is 11.1. The summed E-state index contributed by atoms with van der Waals surface area (Å²) >= 11 is 5.45. The molecule has 1 aromatic carbocycles. The fourth-order valence-electron chi connectivity index (χ4n) is 1.43. The molecule has 0 saturated carbocycles. The van der Waals surface area contributed by atoms with E-state index >= 15 is 0 Å². The highest BCUT2D eigenvalue weighted by Gasteiger charge is 2.68. The molecule has 0 aliphatic carbocycles. The largest absolute Gasteiger partial charge is 0.828 e. The van der Waals surface area contributed by atoms with Crippen molar-refractivity contribution in [2.75, 3.05) is 0 Å². The van der Waals surface area contributed by atoms with E-state index in [0.717, 1.165) is 12.1 Å². The van der Waals surface area contributed by atoms with Crippen molar-refractivity contribution < 1.29 is 45.9 Å². The van der Waals surface area contributed by atoms with Gasteiger partial charge in [-0.15, -0.1) is 0 Å². The third-order valence-corrected chi connectivity index (χ3v) is 2.98. The monoisotopic (exact) mass is 380 g/mol. The van der Waals surface area contributed by atoms with Crippen molar-refractivity contribution in [1.29, 1.82) is 0 Å². The molecule has 0 heterocycles. The molecule has 134 valence electrons. The lowest BCUT2D eigenvalue weighted by Gasteiger charge is -2.40. The van der Waals surface area contributed by atoms with E-state index in [1.54, 1.807) is 0 Å². The Morgan fingerprint density at radius 2 is 1.67 bits per heavy atom. The van der Waals surface area contributed by atoms with Crippen LogP contribution in [-0.2, 0) is 16.1 Å². The van der Waals surface area contributed by atoms with Gasteiger partial charge in [-0.05, 0) is 11.6 Å². The fourth-order valence-corrected chi connectivity index (χ4v) is 1.62. The molecule has 0 aliphatic rings. The number of nitro benzene ring substituents is 1. The summed E-state index contributed by atoms with van der Waals surface area (Å²) in [6, 6.07) is 2.54. The standard InChI is InChI=1S/C11H5ClF6NO5/c12-6-2-1-5(3-7(6)19(22)23)4-24-8(20)9(21,10(13,14)15)11(16,17)18/h1-3H,4H2/q-1. The second-order valence-electron chi connectivity index (χ2n) is 4.30. The van der Waals surface area contributed by atoms with Gasteiger partial charge in [-0.3, -0.25) is 14.9 Å². The number of nitrogens with zero attached hydrogens (tertiary/aromatic N) is 1. The molecule has 13 heteroatoms. The Morgan fingerprint density at radius 1 is 1.17 bits per heavy atom. The van der Waals surface area contributed by atoms with Crippen LogP contribution in [0.15, 0.2) is 18.2 Å². The number of halogens is 7. The first-order valence-corrected chi connectivity index (χ1v) is 6.03. The summed E-state index contributed by atoms with van der Waals surface area (Å²) in [5.74, 6) is -3.12. The van der Waals surface area contributed by atoms with Crippen LogP contribution in [0.2, 0.25) is 5.02 Å². The molecule has 0 atom stereocenters. The Labute approximate surface area is 133 Å². The van der Waals surface area contributed by atoms with Crippen LogP contribution in [0.5, 0.6) is 0 Å². The summed E-state index contributed by atoms with van der Waals surface area (Å²) in [6.45, 7) is -1.23. The molecule has 24 heavy (non-hydrogen) atoms. The molecule has 0 N–H and O–H groups in total. The molecule has 0 amide bonds. The molecule has 6 nitrogen and oxygen atoms in total. The first-order chi connectivity index (χ1) is 10.7. The van der Waals surface area contributed by atoms with Gasteiger partial charge < -0.3 is 9.84 Å². The number of hydrogen-bond acceptors (Lipinski definition) is 5. The Bertz CT molecular complexity index is 645. The number of alkyl halides is 6. The minimum absolute atomic E-state index is 0.342. The van der Waals surface area contributed by atoms with Crippen molar-refractivity contribution in [3.8, 4) is 0 Å². The van der Waals surface area contributed by atoms with Crippen molar-refractivity contribution in [3.05, 3.63) is 38.9 Å². The van der Waals surface area contributed by atoms with E-state index in [1.165, 1.54) is 0 Å². The van der Waals surface area contributed by atoms with Gasteiger partial charge in [0.15, 0.2) is 5.60 Å². The van der Waals surface area contributed by atoms with Crippen LogP contribution in [0.25, 0.3) is 0 Å². The van der Waals surface area contributed by atoms with Crippen LogP contribution in [0.3, 0.4) is 0 Å². The summed E-state index contributed by atoms with van der Waals surface area (Å²) in [4.78, 5) is 20.7. The van der Waals surface area contributed by atoms with E-state index in [9.17, 15) is 46.4 Å². The van der Waals surface area contributed by atoms with Crippen LogP contribution in [-0.4, -0.2) is 28.8 Å². The van der Waals surface area contributed by atoms with Gasteiger partial charge in [-0.25, -0.2) is 0 Å². The molecular weight excluding hydrogens is 376 g/mol. The fraction of sp³-hybridized carbons (Fsp3) is 0.364. The molecule has 0 saturated heterocycles. The average Bonchev–Trinajstić information content (AvgIpc) is 2.42. The van der Waals surface area contributed by atoms with E-state index in [0.29, 0.717) is 6.07 Å². The molecule has 0 bridgehead atoms. The molecular formula is C11H5ClF6NO5-. The summed E-state index contributed by atoms with van der Waals surface area (Å²) in [7, 11) is 0. The van der Waals surface area contributed by atoms with Crippen molar-refractivity contribution in [2.45, 2.75) is 24.6 Å². The number of esters is 1. The predicted molar refractivity (Wildman–Crippen MR) is 62.7 cm³/mol. The number of nitro groups is 1. The van der Waals surface area contributed by atoms with Gasteiger partial charge in [0.2, 0.25) is 0 Å². The third-order valence-electron chi connectivity index (χ3n) is 2.66. The van der Waals surface area contributed by atoms with Gasteiger partial charge in [-0.2, -0.15) is 26.3 Å². The minimum Gasteiger partial charge on any atom is -0.828 e. The van der Waals surface area contributed by atoms with Crippen molar-refractivity contribution in [3.63, 3.8) is 0 Å². The van der Waals surface area contributed by atoms with Crippen molar-refractivity contribution in [2.24, 2.45) is 0 Å². The Morgan fingerprint density at radius 3 is 2.08 bits per heavy atom. The lowest BCUT2D eigenvalue weighted by molar-refractivity contribution is -0.574. The number of rotatable bonds is 4. The Kier molecular flexibility index (Phi) is 5.35. The van der Waals surface area contributed by atoms with Gasteiger partial charge in [0, 0.05) is 6.07 Å². The van der Waals surface area contributed by atoms with Crippen molar-refractivity contribution >= 4 is 23.3 Å². The molecule has 0 fully saturated rings. The van der Waals surface area contributed by atoms with Crippen LogP contribution in [0.4, 0.5) is 32.0 Å². The first-order valence-electron chi connectivity index (χ1n) is 5.65. The van der Waals surface area contributed by atoms with E-state index in [4.69, 9.17) is 11.6 Å². The third kappa shape index (κ3) is 3.70. The molecule has 0 aliphatic heterocycles.